The van der Waals surface area contributed by atoms with Gasteiger partial charge in [0.15, 0.2) is 0 Å². The molecule has 0 aromatic rings. The lowest BCUT2D eigenvalue weighted by atomic mass is 9.47. The molecule has 0 aromatic carbocycles. The first-order valence-corrected chi connectivity index (χ1v) is 9.38. The number of hydrogen-bond donors (Lipinski definition) is 2. The van der Waals surface area contributed by atoms with Crippen molar-refractivity contribution in [1.82, 2.24) is 5.32 Å². The van der Waals surface area contributed by atoms with Crippen LogP contribution in [0.25, 0.3) is 0 Å². The summed E-state index contributed by atoms with van der Waals surface area (Å²) in [7, 11) is 0. The molecule has 128 valence electrons. The number of carbonyl (C=O) groups excluding carboxylic acids is 1. The second-order valence-electron chi connectivity index (χ2n) is 9.09. The quantitative estimate of drug-likeness (QED) is 0.780. The van der Waals surface area contributed by atoms with E-state index in [9.17, 15) is 14.7 Å². The molecule has 4 aliphatic rings. The predicted octanol–water partition coefficient (Wildman–Crippen LogP) is 3.21. The van der Waals surface area contributed by atoms with Crippen molar-refractivity contribution >= 4 is 11.9 Å². The molecule has 1 aliphatic heterocycles. The Morgan fingerprint density at radius 1 is 1.04 bits per heavy atom. The largest absolute Gasteiger partial charge is 0.481 e. The highest BCUT2D eigenvalue weighted by Crippen LogP contribution is 2.65. The first-order valence-electron chi connectivity index (χ1n) is 9.38. The van der Waals surface area contributed by atoms with Crippen molar-refractivity contribution in [2.24, 2.45) is 34.5 Å². The van der Waals surface area contributed by atoms with Crippen molar-refractivity contribution in [3.8, 4) is 0 Å². The Kier molecular flexibility index (Phi) is 3.34. The number of piperidine rings is 1. The number of nitrogens with one attached hydrogen (secondary N) is 1. The third-order valence-corrected chi connectivity index (χ3v) is 8.39. The molecule has 4 rings (SSSR count). The topological polar surface area (TPSA) is 66.4 Å². The smallest absolute Gasteiger partial charge is 0.307 e. The number of rotatable bonds is 1. The zero-order valence-electron chi connectivity index (χ0n) is 14.3. The summed E-state index contributed by atoms with van der Waals surface area (Å²) < 4.78 is 0. The van der Waals surface area contributed by atoms with Crippen LogP contribution in [0.5, 0.6) is 0 Å². The summed E-state index contributed by atoms with van der Waals surface area (Å²) >= 11 is 0. The summed E-state index contributed by atoms with van der Waals surface area (Å²) in [5.74, 6) is 1.38. The predicted molar refractivity (Wildman–Crippen MR) is 86.7 cm³/mol. The Balaban J connectivity index is 1.63. The average Bonchev–Trinajstić information content (AvgIpc) is 2.85. The van der Waals surface area contributed by atoms with E-state index in [1.165, 1.54) is 0 Å². The van der Waals surface area contributed by atoms with Gasteiger partial charge in [-0.15, -0.1) is 0 Å². The number of hydrogen-bond acceptors (Lipinski definition) is 2. The summed E-state index contributed by atoms with van der Waals surface area (Å²) in [4.78, 5) is 23.5. The van der Waals surface area contributed by atoms with Crippen molar-refractivity contribution in [2.45, 2.75) is 71.3 Å². The van der Waals surface area contributed by atoms with Crippen LogP contribution in [0.4, 0.5) is 0 Å². The monoisotopic (exact) mass is 319 g/mol. The maximum Gasteiger partial charge on any atom is 0.307 e. The Hall–Kier alpha value is -1.06. The highest BCUT2D eigenvalue weighted by molar-refractivity contribution is 5.77. The number of carboxylic acids is 1. The highest BCUT2D eigenvalue weighted by Gasteiger charge is 2.61. The minimum atomic E-state index is -0.585. The summed E-state index contributed by atoms with van der Waals surface area (Å²) in [6, 6.07) is 0.339. The molecule has 4 nitrogen and oxygen atoms in total. The van der Waals surface area contributed by atoms with Gasteiger partial charge in [0.25, 0.3) is 0 Å². The first kappa shape index (κ1) is 15.5. The summed E-state index contributed by atoms with van der Waals surface area (Å²) in [6.45, 7) is 4.64. The molecule has 2 N–H and O–H groups in total. The number of amides is 1. The first-order chi connectivity index (χ1) is 10.9. The van der Waals surface area contributed by atoms with Crippen molar-refractivity contribution in [3.05, 3.63) is 0 Å². The fourth-order valence-electron chi connectivity index (χ4n) is 7.11. The maximum absolute atomic E-state index is 11.8. The van der Waals surface area contributed by atoms with E-state index < -0.39 is 5.97 Å². The Morgan fingerprint density at radius 2 is 1.78 bits per heavy atom. The van der Waals surface area contributed by atoms with Crippen LogP contribution in [0.3, 0.4) is 0 Å². The van der Waals surface area contributed by atoms with Crippen LogP contribution < -0.4 is 5.32 Å². The van der Waals surface area contributed by atoms with Gasteiger partial charge in [-0.2, -0.15) is 0 Å². The Labute approximate surface area is 138 Å². The molecular weight excluding hydrogens is 290 g/mol. The van der Waals surface area contributed by atoms with E-state index in [-0.39, 0.29) is 22.7 Å². The SMILES string of the molecule is C[C@]12CCC3C(CC[C@H]4NC(=O)CC[C@]34C)C1CC[C@@H]2C(=O)O. The maximum atomic E-state index is 11.8. The molecule has 1 amide bonds. The molecule has 3 aliphatic carbocycles. The van der Waals surface area contributed by atoms with Gasteiger partial charge in [0, 0.05) is 12.5 Å². The fraction of sp³-hybridized carbons (Fsp3) is 0.895. The average molecular weight is 319 g/mol. The second kappa shape index (κ2) is 4.97. The van der Waals surface area contributed by atoms with Gasteiger partial charge in [-0.1, -0.05) is 13.8 Å². The second-order valence-corrected chi connectivity index (χ2v) is 9.09. The normalized spacial score (nSPS) is 52.1. The summed E-state index contributed by atoms with van der Waals surface area (Å²) in [5, 5.41) is 12.9. The number of aliphatic carboxylic acids is 1. The van der Waals surface area contributed by atoms with Crippen molar-refractivity contribution < 1.29 is 14.7 Å². The van der Waals surface area contributed by atoms with Crippen LogP contribution in [-0.4, -0.2) is 23.0 Å². The molecule has 0 aromatic heterocycles. The van der Waals surface area contributed by atoms with E-state index >= 15 is 0 Å². The molecule has 3 unspecified atom stereocenters. The van der Waals surface area contributed by atoms with Gasteiger partial charge >= 0.3 is 5.97 Å². The van der Waals surface area contributed by atoms with Crippen molar-refractivity contribution in [1.29, 1.82) is 0 Å². The lowest BCUT2D eigenvalue weighted by molar-refractivity contribution is -0.152. The molecular formula is C19H29NO3. The summed E-state index contributed by atoms with van der Waals surface area (Å²) in [5.41, 5.74) is 0.216. The van der Waals surface area contributed by atoms with Crippen LogP contribution >= 0.6 is 0 Å². The van der Waals surface area contributed by atoms with Crippen LogP contribution in [0.15, 0.2) is 0 Å². The molecule has 7 atom stereocenters. The van der Waals surface area contributed by atoms with Crippen molar-refractivity contribution in [3.63, 3.8) is 0 Å². The van der Waals surface area contributed by atoms with Crippen molar-refractivity contribution in [2.75, 3.05) is 0 Å². The minimum Gasteiger partial charge on any atom is -0.481 e. The fourth-order valence-corrected chi connectivity index (χ4v) is 7.11. The zero-order chi connectivity index (χ0) is 16.4. The number of fused-ring (bicyclic) bond motifs is 5. The van der Waals surface area contributed by atoms with Gasteiger partial charge in [0.05, 0.1) is 5.92 Å². The van der Waals surface area contributed by atoms with E-state index in [2.05, 4.69) is 19.2 Å². The molecule has 4 fully saturated rings. The van der Waals surface area contributed by atoms with Gasteiger partial charge < -0.3 is 10.4 Å². The lowest BCUT2D eigenvalue weighted by Crippen LogP contribution is -2.61. The number of carboxylic acid groups (broad SMARTS) is 1. The molecule has 0 bridgehead atoms. The zero-order valence-corrected chi connectivity index (χ0v) is 14.3. The lowest BCUT2D eigenvalue weighted by Gasteiger charge is -2.60. The standard InChI is InChI=1S/C19H29NO3/c1-18-9-7-13-11(12(18)4-5-14(18)17(22)23)3-6-15-19(13,2)10-8-16(21)20-15/h11-15H,3-10H2,1-2H3,(H,20,21)(H,22,23)/t11?,12?,13?,14-,15-,18+,19-/m1/s1. The van der Waals surface area contributed by atoms with Gasteiger partial charge in [-0.3, -0.25) is 9.59 Å². The van der Waals surface area contributed by atoms with E-state index in [4.69, 9.17) is 0 Å². The molecule has 4 heteroatoms. The van der Waals surface area contributed by atoms with Crippen LogP contribution in [0.2, 0.25) is 0 Å². The molecule has 1 saturated heterocycles. The van der Waals surface area contributed by atoms with E-state index in [1.807, 2.05) is 0 Å². The summed E-state index contributed by atoms with van der Waals surface area (Å²) in [6.07, 6.45) is 8.05. The minimum absolute atomic E-state index is 0.00584. The van der Waals surface area contributed by atoms with Crippen LogP contribution in [0.1, 0.15) is 65.2 Å². The van der Waals surface area contributed by atoms with Crippen LogP contribution in [0, 0.1) is 34.5 Å². The third-order valence-electron chi connectivity index (χ3n) is 8.39. The van der Waals surface area contributed by atoms with Gasteiger partial charge in [-0.25, -0.2) is 0 Å². The molecule has 1 heterocycles. The van der Waals surface area contributed by atoms with Gasteiger partial charge in [0.2, 0.25) is 5.91 Å². The Morgan fingerprint density at radius 3 is 2.52 bits per heavy atom. The van der Waals surface area contributed by atoms with Gasteiger partial charge in [-0.05, 0) is 73.5 Å². The Bertz CT molecular complexity index is 547. The molecule has 23 heavy (non-hydrogen) atoms. The molecule has 0 spiro atoms. The third kappa shape index (κ3) is 2.02. The highest BCUT2D eigenvalue weighted by atomic mass is 16.4. The molecule has 0 radical (unpaired) electrons. The number of carbonyl (C=O) groups is 2. The van der Waals surface area contributed by atoms with Gasteiger partial charge in [0.1, 0.15) is 0 Å². The van der Waals surface area contributed by atoms with E-state index in [1.54, 1.807) is 0 Å². The molecule has 3 saturated carbocycles. The van der Waals surface area contributed by atoms with E-state index in [0.29, 0.717) is 30.2 Å². The van der Waals surface area contributed by atoms with E-state index in [0.717, 1.165) is 44.9 Å². The van der Waals surface area contributed by atoms with Crippen LogP contribution in [-0.2, 0) is 9.59 Å².